The summed E-state index contributed by atoms with van der Waals surface area (Å²) in [6.45, 7) is 5.40. The number of hydrogen-bond acceptors (Lipinski definition) is 4. The number of thioether (sulfide) groups is 1. The van der Waals surface area contributed by atoms with Crippen molar-refractivity contribution in [1.82, 2.24) is 9.71 Å². The summed E-state index contributed by atoms with van der Waals surface area (Å²) in [4.78, 5) is 13.6. The molecule has 0 saturated carbocycles. The van der Waals surface area contributed by atoms with E-state index in [1.807, 2.05) is 13.2 Å². The van der Waals surface area contributed by atoms with Gasteiger partial charge in [-0.2, -0.15) is 11.8 Å². The predicted octanol–water partition coefficient (Wildman–Crippen LogP) is 1.75. The molecule has 1 unspecified atom stereocenters. The number of sulfonamides is 1. The molecule has 0 radical (unpaired) electrons. The highest BCUT2D eigenvalue weighted by molar-refractivity contribution is 7.99. The summed E-state index contributed by atoms with van der Waals surface area (Å²) in [5, 5.41) is 9.36. The molecule has 0 bridgehead atoms. The van der Waals surface area contributed by atoms with Gasteiger partial charge in [-0.15, -0.1) is 0 Å². The van der Waals surface area contributed by atoms with Crippen molar-refractivity contribution in [3.8, 4) is 0 Å². The molecule has 0 aliphatic heterocycles. The summed E-state index contributed by atoms with van der Waals surface area (Å²) in [5.74, 6) is -1.16. The van der Waals surface area contributed by atoms with Gasteiger partial charge in [0.25, 0.3) is 0 Å². The van der Waals surface area contributed by atoms with Gasteiger partial charge in [0, 0.05) is 23.1 Å². The van der Waals surface area contributed by atoms with Gasteiger partial charge in [0.2, 0.25) is 10.0 Å². The quantitative estimate of drug-likeness (QED) is 0.711. The molecule has 0 aromatic carbocycles. The van der Waals surface area contributed by atoms with Crippen molar-refractivity contribution in [2.45, 2.75) is 37.3 Å². The van der Waals surface area contributed by atoms with Crippen molar-refractivity contribution in [3.63, 3.8) is 0 Å². The van der Waals surface area contributed by atoms with Crippen molar-refractivity contribution in [2.75, 3.05) is 12.8 Å². The standard InChI is InChI=1S/C12H20N2O4S2/c1-7(19-4)5-6-13-20(17,18)11-8(2)10(12(15)16)14-9(11)3/h7,13-14H,5-6H2,1-4H3,(H,15,16). The zero-order valence-electron chi connectivity index (χ0n) is 12.0. The second-order valence-electron chi connectivity index (χ2n) is 4.62. The molecule has 0 fully saturated rings. The highest BCUT2D eigenvalue weighted by Gasteiger charge is 2.26. The molecule has 1 aromatic rings. The lowest BCUT2D eigenvalue weighted by atomic mass is 10.2. The Labute approximate surface area is 123 Å². The first kappa shape index (κ1) is 17.1. The third-order valence-electron chi connectivity index (χ3n) is 3.10. The SMILES string of the molecule is CSC(C)CCNS(=O)(=O)c1c(C)[nH]c(C(=O)O)c1C. The lowest BCUT2D eigenvalue weighted by Gasteiger charge is -2.10. The number of carboxylic acid groups (broad SMARTS) is 1. The number of H-pyrrole nitrogens is 1. The van der Waals surface area contributed by atoms with E-state index in [1.165, 1.54) is 6.92 Å². The minimum Gasteiger partial charge on any atom is -0.477 e. The van der Waals surface area contributed by atoms with Crippen LogP contribution in [-0.4, -0.2) is 42.5 Å². The normalized spacial score (nSPS) is 13.4. The Morgan fingerprint density at radius 1 is 1.45 bits per heavy atom. The first-order valence-corrected chi connectivity index (χ1v) is 8.92. The molecule has 6 nitrogen and oxygen atoms in total. The van der Waals surface area contributed by atoms with Gasteiger partial charge in [-0.1, -0.05) is 6.92 Å². The first-order chi connectivity index (χ1) is 9.20. The first-order valence-electron chi connectivity index (χ1n) is 6.15. The van der Waals surface area contributed by atoms with Crippen LogP contribution in [0.3, 0.4) is 0 Å². The Bertz CT molecular complexity index is 593. The number of aromatic amines is 1. The van der Waals surface area contributed by atoms with Crippen LogP contribution in [-0.2, 0) is 10.0 Å². The van der Waals surface area contributed by atoms with Crippen LogP contribution in [0.15, 0.2) is 4.90 Å². The summed E-state index contributed by atoms with van der Waals surface area (Å²) < 4.78 is 27.0. The maximum atomic E-state index is 12.2. The van der Waals surface area contributed by atoms with Crippen molar-refractivity contribution in [3.05, 3.63) is 17.0 Å². The second-order valence-corrected chi connectivity index (χ2v) is 7.60. The van der Waals surface area contributed by atoms with Crippen LogP contribution < -0.4 is 4.72 Å². The molecule has 0 aliphatic carbocycles. The van der Waals surface area contributed by atoms with Crippen molar-refractivity contribution in [2.24, 2.45) is 0 Å². The number of rotatable bonds is 7. The van der Waals surface area contributed by atoms with Crippen LogP contribution in [0.25, 0.3) is 0 Å². The van der Waals surface area contributed by atoms with Crippen LogP contribution in [0.4, 0.5) is 0 Å². The number of carbonyl (C=O) groups is 1. The number of aryl methyl sites for hydroxylation is 1. The zero-order valence-corrected chi connectivity index (χ0v) is 13.6. The van der Waals surface area contributed by atoms with Crippen LogP contribution in [0, 0.1) is 13.8 Å². The van der Waals surface area contributed by atoms with E-state index < -0.39 is 16.0 Å². The number of nitrogens with one attached hydrogen (secondary N) is 2. The molecule has 0 amide bonds. The van der Waals surface area contributed by atoms with Crippen molar-refractivity contribution < 1.29 is 18.3 Å². The predicted molar refractivity (Wildman–Crippen MR) is 80.0 cm³/mol. The molecule has 1 aromatic heterocycles. The molecule has 3 N–H and O–H groups in total. The van der Waals surface area contributed by atoms with E-state index in [4.69, 9.17) is 5.11 Å². The van der Waals surface area contributed by atoms with Gasteiger partial charge >= 0.3 is 5.97 Å². The highest BCUT2D eigenvalue weighted by atomic mass is 32.2. The van der Waals surface area contributed by atoms with E-state index in [0.29, 0.717) is 23.9 Å². The van der Waals surface area contributed by atoms with Gasteiger partial charge in [0.1, 0.15) is 10.6 Å². The van der Waals surface area contributed by atoms with Crippen LogP contribution >= 0.6 is 11.8 Å². The fourth-order valence-corrected chi connectivity index (χ4v) is 3.78. The average molecular weight is 320 g/mol. The summed E-state index contributed by atoms with van der Waals surface area (Å²) in [6.07, 6.45) is 2.69. The molecule has 114 valence electrons. The average Bonchev–Trinajstić information content (AvgIpc) is 2.64. The van der Waals surface area contributed by atoms with E-state index in [-0.39, 0.29) is 16.2 Å². The molecule has 1 atom stereocenters. The van der Waals surface area contributed by atoms with Gasteiger partial charge in [0.15, 0.2) is 0 Å². The number of hydrogen-bond donors (Lipinski definition) is 3. The fourth-order valence-electron chi connectivity index (χ4n) is 1.94. The minimum atomic E-state index is -3.69. The molecular formula is C12H20N2O4S2. The van der Waals surface area contributed by atoms with Crippen molar-refractivity contribution in [1.29, 1.82) is 0 Å². The largest absolute Gasteiger partial charge is 0.477 e. The lowest BCUT2D eigenvalue weighted by molar-refractivity contribution is 0.0690. The van der Waals surface area contributed by atoms with Gasteiger partial charge in [-0.05, 0) is 26.5 Å². The van der Waals surface area contributed by atoms with Gasteiger partial charge < -0.3 is 10.1 Å². The Morgan fingerprint density at radius 3 is 2.50 bits per heavy atom. The third kappa shape index (κ3) is 3.77. The highest BCUT2D eigenvalue weighted by Crippen LogP contribution is 2.23. The Balaban J connectivity index is 2.96. The Hall–Kier alpha value is -0.990. The molecule has 0 aliphatic rings. The van der Waals surface area contributed by atoms with Crippen LogP contribution in [0.1, 0.15) is 35.1 Å². The number of aromatic carboxylic acids is 1. The molecular weight excluding hydrogens is 300 g/mol. The smallest absolute Gasteiger partial charge is 0.352 e. The lowest BCUT2D eigenvalue weighted by Crippen LogP contribution is -2.27. The van der Waals surface area contributed by atoms with E-state index in [9.17, 15) is 13.2 Å². The fraction of sp³-hybridized carbons (Fsp3) is 0.583. The summed E-state index contributed by atoms with van der Waals surface area (Å²) >= 11 is 1.67. The number of carboxylic acids is 1. The molecule has 0 saturated heterocycles. The molecule has 1 heterocycles. The number of aromatic nitrogens is 1. The van der Waals surface area contributed by atoms with E-state index in [1.54, 1.807) is 18.7 Å². The third-order valence-corrected chi connectivity index (χ3v) is 5.87. The second kappa shape index (κ2) is 6.64. The van der Waals surface area contributed by atoms with Gasteiger partial charge in [-0.3, -0.25) is 0 Å². The molecule has 20 heavy (non-hydrogen) atoms. The minimum absolute atomic E-state index is 0.0340. The summed E-state index contributed by atoms with van der Waals surface area (Å²) in [6, 6.07) is 0. The van der Waals surface area contributed by atoms with E-state index in [2.05, 4.69) is 9.71 Å². The van der Waals surface area contributed by atoms with E-state index in [0.717, 1.165) is 0 Å². The Kier molecular flexibility index (Phi) is 5.67. The van der Waals surface area contributed by atoms with E-state index >= 15 is 0 Å². The molecule has 1 rings (SSSR count). The zero-order chi connectivity index (χ0) is 15.5. The maximum absolute atomic E-state index is 12.2. The van der Waals surface area contributed by atoms with Gasteiger partial charge in [-0.25, -0.2) is 17.9 Å². The monoisotopic (exact) mass is 320 g/mol. The van der Waals surface area contributed by atoms with Crippen LogP contribution in [0.5, 0.6) is 0 Å². The summed E-state index contributed by atoms with van der Waals surface area (Å²) in [5.41, 5.74) is 0.492. The maximum Gasteiger partial charge on any atom is 0.352 e. The van der Waals surface area contributed by atoms with Crippen molar-refractivity contribution >= 4 is 27.8 Å². The summed E-state index contributed by atoms with van der Waals surface area (Å²) in [7, 11) is -3.69. The molecule has 8 heteroatoms. The molecule has 0 spiro atoms. The Morgan fingerprint density at radius 2 is 2.05 bits per heavy atom. The topological polar surface area (TPSA) is 99.3 Å². The van der Waals surface area contributed by atoms with Crippen LogP contribution in [0.2, 0.25) is 0 Å². The van der Waals surface area contributed by atoms with Gasteiger partial charge in [0.05, 0.1) is 0 Å².